The highest BCUT2D eigenvalue weighted by atomic mass is 19.1. The molecule has 0 saturated heterocycles. The molecule has 0 aromatic heterocycles. The molecule has 0 saturated carbocycles. The second-order valence-corrected chi connectivity index (χ2v) is 4.72. The second-order valence-electron chi connectivity index (χ2n) is 4.72. The van der Waals surface area contributed by atoms with Gasteiger partial charge in [-0.05, 0) is 49.1 Å². The first-order valence-corrected chi connectivity index (χ1v) is 6.02. The average molecular weight is 258 g/mol. The molecule has 3 heteroatoms. The van der Waals surface area contributed by atoms with E-state index in [1.807, 2.05) is 32.9 Å². The van der Waals surface area contributed by atoms with Crippen molar-refractivity contribution in [3.05, 3.63) is 58.4 Å². The maximum atomic E-state index is 14.2. The van der Waals surface area contributed by atoms with Crippen LogP contribution in [0, 0.1) is 26.6 Å². The molecule has 0 atom stereocenters. The first-order valence-electron chi connectivity index (χ1n) is 6.02. The van der Waals surface area contributed by atoms with Crippen molar-refractivity contribution in [3.63, 3.8) is 0 Å². The molecule has 0 amide bonds. The molecule has 0 aliphatic carbocycles. The highest BCUT2D eigenvalue weighted by Crippen LogP contribution is 2.30. The fourth-order valence-corrected chi connectivity index (χ4v) is 2.16. The van der Waals surface area contributed by atoms with Crippen molar-refractivity contribution >= 4 is 5.97 Å². The van der Waals surface area contributed by atoms with Crippen molar-refractivity contribution in [3.8, 4) is 11.1 Å². The van der Waals surface area contributed by atoms with Crippen molar-refractivity contribution in [1.82, 2.24) is 0 Å². The molecular formula is C16H15FO2. The lowest BCUT2D eigenvalue weighted by Crippen LogP contribution is -2.02. The van der Waals surface area contributed by atoms with Gasteiger partial charge in [-0.1, -0.05) is 24.3 Å². The van der Waals surface area contributed by atoms with Crippen LogP contribution in [0.15, 0.2) is 30.3 Å². The summed E-state index contributed by atoms with van der Waals surface area (Å²) in [5, 5.41) is 8.97. The summed E-state index contributed by atoms with van der Waals surface area (Å²) in [5.41, 5.74) is 3.90. The van der Waals surface area contributed by atoms with Crippen LogP contribution in [0.25, 0.3) is 11.1 Å². The van der Waals surface area contributed by atoms with E-state index in [-0.39, 0.29) is 5.56 Å². The first kappa shape index (κ1) is 13.3. The zero-order valence-corrected chi connectivity index (χ0v) is 11.1. The minimum Gasteiger partial charge on any atom is -0.478 e. The Hall–Kier alpha value is -2.16. The van der Waals surface area contributed by atoms with Crippen LogP contribution in [0.4, 0.5) is 4.39 Å². The van der Waals surface area contributed by atoms with Gasteiger partial charge in [0.2, 0.25) is 0 Å². The SMILES string of the molecule is Cc1cc(C)c(-c2cccc(C(=O)O)c2F)cc1C. The van der Waals surface area contributed by atoms with Gasteiger partial charge in [0.25, 0.3) is 0 Å². The monoisotopic (exact) mass is 258 g/mol. The van der Waals surface area contributed by atoms with E-state index in [0.717, 1.165) is 22.3 Å². The smallest absolute Gasteiger partial charge is 0.338 e. The van der Waals surface area contributed by atoms with Crippen LogP contribution in [-0.2, 0) is 0 Å². The lowest BCUT2D eigenvalue weighted by atomic mass is 9.94. The molecule has 0 aliphatic heterocycles. The molecule has 2 nitrogen and oxygen atoms in total. The molecule has 0 aliphatic rings. The fraction of sp³-hybridized carbons (Fsp3) is 0.188. The van der Waals surface area contributed by atoms with E-state index in [1.54, 1.807) is 12.1 Å². The van der Waals surface area contributed by atoms with Gasteiger partial charge < -0.3 is 5.11 Å². The molecule has 98 valence electrons. The Labute approximate surface area is 111 Å². The van der Waals surface area contributed by atoms with Crippen LogP contribution in [-0.4, -0.2) is 11.1 Å². The molecule has 0 bridgehead atoms. The lowest BCUT2D eigenvalue weighted by Gasteiger charge is -2.12. The summed E-state index contributed by atoms with van der Waals surface area (Å²) in [5.74, 6) is -1.93. The Kier molecular flexibility index (Phi) is 3.38. The van der Waals surface area contributed by atoms with Gasteiger partial charge in [-0.2, -0.15) is 0 Å². The zero-order chi connectivity index (χ0) is 14.2. The van der Waals surface area contributed by atoms with Crippen LogP contribution in [0.2, 0.25) is 0 Å². The van der Waals surface area contributed by atoms with E-state index in [2.05, 4.69) is 0 Å². The summed E-state index contributed by atoms with van der Waals surface area (Å²) in [6.07, 6.45) is 0. The predicted molar refractivity (Wildman–Crippen MR) is 73.0 cm³/mol. The predicted octanol–water partition coefficient (Wildman–Crippen LogP) is 4.12. The van der Waals surface area contributed by atoms with Gasteiger partial charge in [0.1, 0.15) is 5.82 Å². The summed E-state index contributed by atoms with van der Waals surface area (Å²) >= 11 is 0. The van der Waals surface area contributed by atoms with Crippen LogP contribution in [0.3, 0.4) is 0 Å². The van der Waals surface area contributed by atoms with Gasteiger partial charge >= 0.3 is 5.97 Å². The van der Waals surface area contributed by atoms with E-state index in [0.29, 0.717) is 5.56 Å². The normalized spacial score (nSPS) is 10.5. The third-order valence-corrected chi connectivity index (χ3v) is 3.36. The van der Waals surface area contributed by atoms with E-state index in [9.17, 15) is 9.18 Å². The maximum Gasteiger partial charge on any atom is 0.338 e. The van der Waals surface area contributed by atoms with E-state index >= 15 is 0 Å². The van der Waals surface area contributed by atoms with Gasteiger partial charge in [0.05, 0.1) is 5.56 Å². The van der Waals surface area contributed by atoms with E-state index in [1.165, 1.54) is 6.07 Å². The van der Waals surface area contributed by atoms with Gasteiger partial charge in [-0.15, -0.1) is 0 Å². The van der Waals surface area contributed by atoms with Crippen molar-refractivity contribution in [2.24, 2.45) is 0 Å². The summed E-state index contributed by atoms with van der Waals surface area (Å²) in [7, 11) is 0. The number of carboxylic acid groups (broad SMARTS) is 1. The van der Waals surface area contributed by atoms with E-state index in [4.69, 9.17) is 5.11 Å². The molecule has 19 heavy (non-hydrogen) atoms. The Morgan fingerprint density at radius 3 is 2.26 bits per heavy atom. The number of aromatic carboxylic acids is 1. The number of carboxylic acids is 1. The molecule has 1 N–H and O–H groups in total. The Morgan fingerprint density at radius 1 is 1.00 bits per heavy atom. The van der Waals surface area contributed by atoms with Gasteiger partial charge in [0.15, 0.2) is 0 Å². The summed E-state index contributed by atoms with van der Waals surface area (Å²) in [4.78, 5) is 11.0. The topological polar surface area (TPSA) is 37.3 Å². The van der Waals surface area contributed by atoms with Crippen molar-refractivity contribution < 1.29 is 14.3 Å². The Balaban J connectivity index is 2.69. The minimum atomic E-state index is -1.25. The Morgan fingerprint density at radius 2 is 1.63 bits per heavy atom. The standard InChI is InChI=1S/C16H15FO2/c1-9-7-11(3)14(8-10(9)2)12-5-4-6-13(15(12)17)16(18)19/h4-8H,1-3H3,(H,18,19). The number of aryl methyl sites for hydroxylation is 3. The lowest BCUT2D eigenvalue weighted by molar-refractivity contribution is 0.0692. The molecule has 2 aromatic rings. The van der Waals surface area contributed by atoms with Crippen molar-refractivity contribution in [2.75, 3.05) is 0 Å². The maximum absolute atomic E-state index is 14.2. The number of hydrogen-bond donors (Lipinski definition) is 1. The third-order valence-electron chi connectivity index (χ3n) is 3.36. The molecule has 0 spiro atoms. The van der Waals surface area contributed by atoms with E-state index < -0.39 is 11.8 Å². The van der Waals surface area contributed by atoms with Crippen LogP contribution >= 0.6 is 0 Å². The summed E-state index contributed by atoms with van der Waals surface area (Å²) in [6.45, 7) is 5.85. The molecule has 0 fully saturated rings. The average Bonchev–Trinajstić information content (AvgIpc) is 2.34. The first-order chi connectivity index (χ1) is 8.91. The quantitative estimate of drug-likeness (QED) is 0.879. The zero-order valence-electron chi connectivity index (χ0n) is 11.1. The molecule has 2 rings (SSSR count). The highest BCUT2D eigenvalue weighted by molar-refractivity contribution is 5.90. The van der Waals surface area contributed by atoms with Gasteiger partial charge in [-0.3, -0.25) is 0 Å². The van der Waals surface area contributed by atoms with Crippen molar-refractivity contribution in [1.29, 1.82) is 0 Å². The number of benzene rings is 2. The number of hydrogen-bond acceptors (Lipinski definition) is 1. The number of halogens is 1. The summed E-state index contributed by atoms with van der Waals surface area (Å²) in [6, 6.07) is 8.33. The van der Waals surface area contributed by atoms with Crippen LogP contribution in [0.1, 0.15) is 27.0 Å². The fourth-order valence-electron chi connectivity index (χ4n) is 2.16. The Bertz CT molecular complexity index is 660. The number of rotatable bonds is 2. The molecule has 0 unspecified atom stereocenters. The molecule has 0 heterocycles. The summed E-state index contributed by atoms with van der Waals surface area (Å²) < 4.78 is 14.2. The number of carbonyl (C=O) groups is 1. The van der Waals surface area contributed by atoms with Crippen LogP contribution in [0.5, 0.6) is 0 Å². The van der Waals surface area contributed by atoms with Gasteiger partial charge in [0, 0.05) is 5.56 Å². The van der Waals surface area contributed by atoms with Crippen molar-refractivity contribution in [2.45, 2.75) is 20.8 Å². The third kappa shape index (κ3) is 2.36. The van der Waals surface area contributed by atoms with Crippen LogP contribution < -0.4 is 0 Å². The molecular weight excluding hydrogens is 243 g/mol. The molecule has 2 aromatic carbocycles. The van der Waals surface area contributed by atoms with Gasteiger partial charge in [-0.25, -0.2) is 9.18 Å². The second kappa shape index (κ2) is 4.84. The highest BCUT2D eigenvalue weighted by Gasteiger charge is 2.16. The minimum absolute atomic E-state index is 0.296. The largest absolute Gasteiger partial charge is 0.478 e. The molecule has 0 radical (unpaired) electrons.